The van der Waals surface area contributed by atoms with Crippen LogP contribution in [0.1, 0.15) is 35.4 Å². The standard InChI is InChI=1S/C12H17N3O3S.ClH/c13-7-6-9-3-1-2-8-14(9)12(16)10-4-5-11(19-10)15(17)18;/h4-5,9H,1-3,6-8,13H2;1H. The third-order valence-corrected chi connectivity index (χ3v) is 4.40. The summed E-state index contributed by atoms with van der Waals surface area (Å²) in [6, 6.07) is 3.10. The first-order valence-electron chi connectivity index (χ1n) is 6.38. The summed E-state index contributed by atoms with van der Waals surface area (Å²) in [4.78, 5) is 24.9. The molecule has 8 heteroatoms. The first-order valence-corrected chi connectivity index (χ1v) is 7.20. The Morgan fingerprint density at radius 2 is 2.25 bits per heavy atom. The molecule has 0 aromatic carbocycles. The van der Waals surface area contributed by atoms with Crippen LogP contribution in [0.2, 0.25) is 0 Å². The van der Waals surface area contributed by atoms with Gasteiger partial charge in [0.25, 0.3) is 5.91 Å². The molecule has 2 N–H and O–H groups in total. The van der Waals surface area contributed by atoms with Gasteiger partial charge in [0.1, 0.15) is 0 Å². The molecule has 1 aliphatic rings. The second-order valence-corrected chi connectivity index (χ2v) is 5.68. The minimum absolute atomic E-state index is 0. The van der Waals surface area contributed by atoms with Gasteiger partial charge in [-0.2, -0.15) is 0 Å². The number of nitrogens with zero attached hydrogens (tertiary/aromatic N) is 2. The summed E-state index contributed by atoms with van der Waals surface area (Å²) in [5.74, 6) is -0.101. The lowest BCUT2D eigenvalue weighted by atomic mass is 9.99. The number of amides is 1. The van der Waals surface area contributed by atoms with Gasteiger partial charge in [-0.3, -0.25) is 14.9 Å². The van der Waals surface area contributed by atoms with Crippen molar-refractivity contribution in [2.24, 2.45) is 5.73 Å². The summed E-state index contributed by atoms with van der Waals surface area (Å²) in [6.07, 6.45) is 3.86. The van der Waals surface area contributed by atoms with Crippen molar-refractivity contribution < 1.29 is 9.72 Å². The number of hydrogen-bond acceptors (Lipinski definition) is 5. The minimum Gasteiger partial charge on any atom is -0.335 e. The van der Waals surface area contributed by atoms with Crippen molar-refractivity contribution in [1.82, 2.24) is 4.90 Å². The molecular formula is C12H18ClN3O3S. The predicted molar refractivity (Wildman–Crippen MR) is 80.6 cm³/mol. The molecule has 1 aromatic rings. The lowest BCUT2D eigenvalue weighted by Crippen LogP contribution is -2.44. The molecule has 1 amide bonds. The molecule has 0 bridgehead atoms. The van der Waals surface area contributed by atoms with E-state index in [1.165, 1.54) is 6.07 Å². The lowest BCUT2D eigenvalue weighted by molar-refractivity contribution is -0.380. The van der Waals surface area contributed by atoms with Crippen molar-refractivity contribution >= 4 is 34.7 Å². The number of likely N-dealkylation sites (tertiary alicyclic amines) is 1. The van der Waals surface area contributed by atoms with Crippen molar-refractivity contribution in [2.45, 2.75) is 31.7 Å². The van der Waals surface area contributed by atoms with Crippen molar-refractivity contribution in [3.63, 3.8) is 0 Å². The Labute approximate surface area is 127 Å². The summed E-state index contributed by atoms with van der Waals surface area (Å²) in [7, 11) is 0. The largest absolute Gasteiger partial charge is 0.335 e. The Kier molecular flexibility index (Phi) is 6.38. The van der Waals surface area contributed by atoms with Crippen molar-refractivity contribution in [3.05, 3.63) is 27.1 Å². The maximum Gasteiger partial charge on any atom is 0.324 e. The Bertz CT molecular complexity index is 478. The van der Waals surface area contributed by atoms with Crippen LogP contribution in [0.25, 0.3) is 0 Å². The second-order valence-electron chi connectivity index (χ2n) is 4.62. The van der Waals surface area contributed by atoms with Gasteiger partial charge in [0.05, 0.1) is 9.80 Å². The molecule has 0 aliphatic carbocycles. The number of hydrogen-bond donors (Lipinski definition) is 1. The lowest BCUT2D eigenvalue weighted by Gasteiger charge is -2.35. The highest BCUT2D eigenvalue weighted by molar-refractivity contribution is 7.17. The minimum atomic E-state index is -0.463. The van der Waals surface area contributed by atoms with Crippen LogP contribution in [-0.2, 0) is 0 Å². The molecule has 1 fully saturated rings. The van der Waals surface area contributed by atoms with Gasteiger partial charge in [-0.1, -0.05) is 11.3 Å². The predicted octanol–water partition coefficient (Wildman–Crippen LogP) is 2.42. The molecule has 1 saturated heterocycles. The van der Waals surface area contributed by atoms with Gasteiger partial charge in [-0.05, 0) is 38.3 Å². The number of halogens is 1. The molecule has 2 rings (SSSR count). The third kappa shape index (κ3) is 3.68. The summed E-state index contributed by atoms with van der Waals surface area (Å²) in [5.41, 5.74) is 5.58. The van der Waals surface area contributed by atoms with Gasteiger partial charge < -0.3 is 10.6 Å². The molecule has 0 spiro atoms. The zero-order chi connectivity index (χ0) is 13.8. The van der Waals surface area contributed by atoms with Gasteiger partial charge >= 0.3 is 5.00 Å². The van der Waals surface area contributed by atoms with E-state index in [1.54, 1.807) is 6.07 Å². The van der Waals surface area contributed by atoms with Crippen LogP contribution >= 0.6 is 23.7 Å². The molecule has 2 heterocycles. The highest BCUT2D eigenvalue weighted by Gasteiger charge is 2.28. The fourth-order valence-electron chi connectivity index (χ4n) is 2.44. The molecule has 6 nitrogen and oxygen atoms in total. The summed E-state index contributed by atoms with van der Waals surface area (Å²) in [5, 5.41) is 10.7. The van der Waals surface area contributed by atoms with E-state index in [9.17, 15) is 14.9 Å². The van der Waals surface area contributed by atoms with E-state index in [2.05, 4.69) is 0 Å². The molecule has 1 aromatic heterocycles. The zero-order valence-corrected chi connectivity index (χ0v) is 12.6. The van der Waals surface area contributed by atoms with Crippen LogP contribution in [0.4, 0.5) is 5.00 Å². The number of nitro groups is 1. The molecule has 0 saturated carbocycles. The van der Waals surface area contributed by atoms with E-state index in [0.29, 0.717) is 11.4 Å². The Morgan fingerprint density at radius 3 is 2.85 bits per heavy atom. The first-order chi connectivity index (χ1) is 9.13. The van der Waals surface area contributed by atoms with Gasteiger partial charge in [0.15, 0.2) is 0 Å². The topological polar surface area (TPSA) is 89.5 Å². The Hall–Kier alpha value is -1.18. The molecule has 20 heavy (non-hydrogen) atoms. The average Bonchev–Trinajstić information content (AvgIpc) is 2.89. The normalized spacial score (nSPS) is 18.4. The fraction of sp³-hybridized carbons (Fsp3) is 0.583. The SMILES string of the molecule is Cl.NCCC1CCCCN1C(=O)c1ccc([N+](=O)[O-])s1. The molecular weight excluding hydrogens is 302 g/mol. The second kappa shape index (κ2) is 7.56. The van der Waals surface area contributed by atoms with Crippen molar-refractivity contribution in [1.29, 1.82) is 0 Å². The third-order valence-electron chi connectivity index (χ3n) is 3.37. The van der Waals surface area contributed by atoms with E-state index in [4.69, 9.17) is 5.73 Å². The highest BCUT2D eigenvalue weighted by atomic mass is 35.5. The number of rotatable bonds is 4. The van der Waals surface area contributed by atoms with E-state index in [0.717, 1.165) is 43.6 Å². The number of nitrogens with two attached hydrogens (primary N) is 1. The van der Waals surface area contributed by atoms with E-state index in [-0.39, 0.29) is 29.4 Å². The summed E-state index contributed by atoms with van der Waals surface area (Å²) < 4.78 is 0. The van der Waals surface area contributed by atoms with E-state index in [1.807, 2.05) is 4.90 Å². The molecule has 1 atom stereocenters. The van der Waals surface area contributed by atoms with Crippen LogP contribution in [0.15, 0.2) is 12.1 Å². The van der Waals surface area contributed by atoms with Gasteiger partial charge in [0, 0.05) is 18.7 Å². The van der Waals surface area contributed by atoms with Crippen LogP contribution in [0.3, 0.4) is 0 Å². The Balaban J connectivity index is 0.00000200. The molecule has 112 valence electrons. The van der Waals surface area contributed by atoms with Gasteiger partial charge in [-0.25, -0.2) is 0 Å². The smallest absolute Gasteiger partial charge is 0.324 e. The summed E-state index contributed by atoms with van der Waals surface area (Å²) in [6.45, 7) is 1.27. The number of carbonyl (C=O) groups excluding carboxylic acids is 1. The van der Waals surface area contributed by atoms with Crippen molar-refractivity contribution in [2.75, 3.05) is 13.1 Å². The Morgan fingerprint density at radius 1 is 1.50 bits per heavy atom. The maximum atomic E-state index is 12.4. The van der Waals surface area contributed by atoms with Crippen LogP contribution in [0.5, 0.6) is 0 Å². The van der Waals surface area contributed by atoms with E-state index >= 15 is 0 Å². The fourth-order valence-corrected chi connectivity index (χ4v) is 3.22. The monoisotopic (exact) mass is 319 g/mol. The summed E-state index contributed by atoms with van der Waals surface area (Å²) >= 11 is 0.941. The van der Waals surface area contributed by atoms with Crippen LogP contribution in [0, 0.1) is 10.1 Å². The van der Waals surface area contributed by atoms with Gasteiger partial charge in [0.2, 0.25) is 0 Å². The van der Waals surface area contributed by atoms with E-state index < -0.39 is 4.92 Å². The molecule has 1 aliphatic heterocycles. The first kappa shape index (κ1) is 16.9. The quantitative estimate of drug-likeness (QED) is 0.681. The highest BCUT2D eigenvalue weighted by Crippen LogP contribution is 2.28. The molecule has 1 unspecified atom stereocenters. The number of piperidine rings is 1. The average molecular weight is 320 g/mol. The van der Waals surface area contributed by atoms with Gasteiger partial charge in [-0.15, -0.1) is 12.4 Å². The number of carbonyl (C=O) groups is 1. The maximum absolute atomic E-state index is 12.4. The van der Waals surface area contributed by atoms with Crippen molar-refractivity contribution in [3.8, 4) is 0 Å². The number of thiophene rings is 1. The van der Waals surface area contributed by atoms with Crippen LogP contribution < -0.4 is 5.73 Å². The van der Waals surface area contributed by atoms with Crippen LogP contribution in [-0.4, -0.2) is 34.9 Å². The zero-order valence-electron chi connectivity index (χ0n) is 11.0. The molecule has 0 radical (unpaired) electrons.